The van der Waals surface area contributed by atoms with Gasteiger partial charge in [-0.3, -0.25) is 4.79 Å². The van der Waals surface area contributed by atoms with Crippen LogP contribution >= 0.6 is 12.6 Å². The van der Waals surface area contributed by atoms with Crippen molar-refractivity contribution in [3.8, 4) is 5.75 Å². The molecule has 70 valence electrons. The lowest BCUT2D eigenvalue weighted by molar-refractivity contribution is 0.0960. The molecule has 0 aliphatic carbocycles. The fourth-order valence-electron chi connectivity index (χ4n) is 0.959. The number of thiol groups is 1. The number of rotatable bonds is 2. The van der Waals surface area contributed by atoms with Crippen LogP contribution in [-0.4, -0.2) is 20.1 Å². The van der Waals surface area contributed by atoms with Crippen LogP contribution in [0.5, 0.6) is 5.75 Å². The maximum Gasteiger partial charge on any atom is 0.252 e. The first kappa shape index (κ1) is 9.92. The first-order valence-corrected chi connectivity index (χ1v) is 4.23. The number of ether oxygens (including phenoxy) is 1. The molecule has 3 nitrogen and oxygen atoms in total. The van der Waals surface area contributed by atoms with Gasteiger partial charge in [-0.2, -0.15) is 0 Å². The molecule has 0 aromatic heterocycles. The molecule has 4 heteroatoms. The second-order valence-electron chi connectivity index (χ2n) is 2.46. The summed E-state index contributed by atoms with van der Waals surface area (Å²) in [6.45, 7) is 0. The number of benzene rings is 1. The van der Waals surface area contributed by atoms with Gasteiger partial charge >= 0.3 is 0 Å². The fraction of sp³-hybridized carbons (Fsp3) is 0.222. The number of methoxy groups -OCH3 is 1. The molecule has 1 amide bonds. The van der Waals surface area contributed by atoms with Crippen LogP contribution in [0, 0.1) is 0 Å². The molecular formula is C9H11NO2S. The second-order valence-corrected chi connectivity index (χ2v) is 2.94. The highest BCUT2D eigenvalue weighted by molar-refractivity contribution is 7.80. The number of carbonyl (C=O) groups excluding carboxylic acids is 1. The van der Waals surface area contributed by atoms with Gasteiger partial charge in [0.1, 0.15) is 5.75 Å². The topological polar surface area (TPSA) is 38.3 Å². The van der Waals surface area contributed by atoms with E-state index in [9.17, 15) is 4.79 Å². The van der Waals surface area contributed by atoms with Crippen molar-refractivity contribution in [2.45, 2.75) is 4.90 Å². The summed E-state index contributed by atoms with van der Waals surface area (Å²) >= 11 is 4.16. The Morgan fingerprint density at radius 1 is 1.54 bits per heavy atom. The minimum Gasteiger partial charge on any atom is -0.497 e. The highest BCUT2D eigenvalue weighted by atomic mass is 32.1. The Hall–Kier alpha value is -1.16. The van der Waals surface area contributed by atoms with Gasteiger partial charge in [0.05, 0.1) is 12.7 Å². The Bertz CT molecular complexity index is 325. The fourth-order valence-corrected chi connectivity index (χ4v) is 1.20. The average molecular weight is 197 g/mol. The minimum atomic E-state index is -0.163. The zero-order valence-corrected chi connectivity index (χ0v) is 8.39. The number of carbonyl (C=O) groups is 1. The van der Waals surface area contributed by atoms with Gasteiger partial charge in [0.2, 0.25) is 0 Å². The number of hydrogen-bond acceptors (Lipinski definition) is 3. The molecule has 0 heterocycles. The van der Waals surface area contributed by atoms with Gasteiger partial charge in [-0.05, 0) is 18.2 Å². The van der Waals surface area contributed by atoms with Crippen LogP contribution in [0.1, 0.15) is 10.4 Å². The van der Waals surface area contributed by atoms with E-state index in [1.54, 1.807) is 32.4 Å². The van der Waals surface area contributed by atoms with Gasteiger partial charge in [0.15, 0.2) is 0 Å². The lowest BCUT2D eigenvalue weighted by atomic mass is 10.2. The molecule has 1 aromatic carbocycles. The average Bonchev–Trinajstić information content (AvgIpc) is 2.17. The van der Waals surface area contributed by atoms with Crippen molar-refractivity contribution >= 4 is 18.5 Å². The third kappa shape index (κ3) is 2.15. The van der Waals surface area contributed by atoms with Crippen molar-refractivity contribution < 1.29 is 9.53 Å². The minimum absolute atomic E-state index is 0.163. The number of nitrogens with one attached hydrogen (secondary N) is 1. The Kier molecular flexibility index (Phi) is 3.19. The molecule has 1 rings (SSSR count). The van der Waals surface area contributed by atoms with Gasteiger partial charge in [-0.1, -0.05) is 0 Å². The molecule has 0 fully saturated rings. The van der Waals surface area contributed by atoms with Crippen molar-refractivity contribution in [3.05, 3.63) is 23.8 Å². The summed E-state index contributed by atoms with van der Waals surface area (Å²) in [6, 6.07) is 5.14. The van der Waals surface area contributed by atoms with Gasteiger partial charge < -0.3 is 10.1 Å². The zero-order chi connectivity index (χ0) is 9.84. The van der Waals surface area contributed by atoms with Crippen molar-refractivity contribution in [2.75, 3.05) is 14.2 Å². The molecular weight excluding hydrogens is 186 g/mol. The van der Waals surface area contributed by atoms with Gasteiger partial charge in [-0.15, -0.1) is 12.6 Å². The molecule has 0 unspecified atom stereocenters. The molecule has 13 heavy (non-hydrogen) atoms. The first-order chi connectivity index (χ1) is 6.19. The molecule has 0 aliphatic rings. The smallest absolute Gasteiger partial charge is 0.252 e. The van der Waals surface area contributed by atoms with E-state index in [0.29, 0.717) is 16.2 Å². The zero-order valence-electron chi connectivity index (χ0n) is 7.50. The molecule has 1 aromatic rings. The lowest BCUT2D eigenvalue weighted by Crippen LogP contribution is -2.18. The third-order valence-electron chi connectivity index (χ3n) is 1.68. The second kappa shape index (κ2) is 4.18. The molecule has 0 saturated heterocycles. The van der Waals surface area contributed by atoms with Crippen LogP contribution in [0.3, 0.4) is 0 Å². The predicted molar refractivity (Wildman–Crippen MR) is 53.6 cm³/mol. The Morgan fingerprint density at radius 3 is 2.77 bits per heavy atom. The van der Waals surface area contributed by atoms with Crippen molar-refractivity contribution in [1.29, 1.82) is 0 Å². The molecule has 0 aliphatic heterocycles. The monoisotopic (exact) mass is 197 g/mol. The van der Waals surface area contributed by atoms with Crippen LogP contribution in [0.4, 0.5) is 0 Å². The van der Waals surface area contributed by atoms with E-state index >= 15 is 0 Å². The quantitative estimate of drug-likeness (QED) is 0.702. The van der Waals surface area contributed by atoms with Gasteiger partial charge in [0, 0.05) is 11.9 Å². The van der Waals surface area contributed by atoms with Gasteiger partial charge in [-0.25, -0.2) is 0 Å². The lowest BCUT2D eigenvalue weighted by Gasteiger charge is -2.05. The normalized spacial score (nSPS) is 9.46. The van der Waals surface area contributed by atoms with E-state index in [0.717, 1.165) is 0 Å². The molecule has 0 saturated carbocycles. The molecule has 0 atom stereocenters. The number of amides is 1. The van der Waals surface area contributed by atoms with Gasteiger partial charge in [0.25, 0.3) is 5.91 Å². The highest BCUT2D eigenvalue weighted by Crippen LogP contribution is 2.20. The maximum atomic E-state index is 11.3. The molecule has 0 bridgehead atoms. The standard InChI is InChI=1S/C9H11NO2S/c1-10-9(11)7-5-6(12-2)3-4-8(7)13/h3-5,13H,1-2H3,(H,10,11). The van der Waals surface area contributed by atoms with Crippen LogP contribution in [0.2, 0.25) is 0 Å². The summed E-state index contributed by atoms with van der Waals surface area (Å²) in [5.41, 5.74) is 0.519. The van der Waals surface area contributed by atoms with E-state index in [1.165, 1.54) is 0 Å². The Labute approximate surface area is 82.5 Å². The summed E-state index contributed by atoms with van der Waals surface area (Å²) in [7, 11) is 3.14. The maximum absolute atomic E-state index is 11.3. The predicted octanol–water partition coefficient (Wildman–Crippen LogP) is 1.34. The van der Waals surface area contributed by atoms with Crippen molar-refractivity contribution in [1.82, 2.24) is 5.32 Å². The summed E-state index contributed by atoms with van der Waals surface area (Å²) in [5, 5.41) is 2.53. The van der Waals surface area contributed by atoms with E-state index in [2.05, 4.69) is 17.9 Å². The molecule has 0 spiro atoms. The van der Waals surface area contributed by atoms with E-state index in [1.807, 2.05) is 0 Å². The van der Waals surface area contributed by atoms with Crippen molar-refractivity contribution in [3.63, 3.8) is 0 Å². The number of hydrogen-bond donors (Lipinski definition) is 2. The van der Waals surface area contributed by atoms with Crippen LogP contribution in [0.25, 0.3) is 0 Å². The van der Waals surface area contributed by atoms with Crippen LogP contribution < -0.4 is 10.1 Å². The summed E-state index contributed by atoms with van der Waals surface area (Å²) < 4.78 is 4.99. The third-order valence-corrected chi connectivity index (χ3v) is 2.07. The Morgan fingerprint density at radius 2 is 2.23 bits per heavy atom. The van der Waals surface area contributed by atoms with Crippen molar-refractivity contribution in [2.24, 2.45) is 0 Å². The summed E-state index contributed by atoms with van der Waals surface area (Å²) in [4.78, 5) is 11.9. The molecule has 1 N–H and O–H groups in total. The summed E-state index contributed by atoms with van der Waals surface area (Å²) in [5.74, 6) is 0.486. The van der Waals surface area contributed by atoms with Crippen LogP contribution in [-0.2, 0) is 0 Å². The molecule has 0 radical (unpaired) electrons. The van der Waals surface area contributed by atoms with E-state index in [4.69, 9.17) is 4.74 Å². The Balaban J connectivity index is 3.11. The largest absolute Gasteiger partial charge is 0.497 e. The summed E-state index contributed by atoms with van der Waals surface area (Å²) in [6.07, 6.45) is 0. The highest BCUT2D eigenvalue weighted by Gasteiger charge is 2.08. The first-order valence-electron chi connectivity index (χ1n) is 3.78. The van der Waals surface area contributed by atoms with E-state index in [-0.39, 0.29) is 5.91 Å². The SMILES string of the molecule is CNC(=O)c1cc(OC)ccc1S. The van der Waals surface area contributed by atoms with Crippen LogP contribution in [0.15, 0.2) is 23.1 Å². The van der Waals surface area contributed by atoms with E-state index < -0.39 is 0 Å².